The van der Waals surface area contributed by atoms with Crippen molar-refractivity contribution in [3.8, 4) is 5.75 Å². The van der Waals surface area contributed by atoms with Gasteiger partial charge in [-0.15, -0.1) is 0 Å². The Labute approximate surface area is 184 Å². The van der Waals surface area contributed by atoms with Crippen molar-refractivity contribution in [2.24, 2.45) is 5.92 Å². The van der Waals surface area contributed by atoms with Crippen LogP contribution in [0.3, 0.4) is 0 Å². The zero-order chi connectivity index (χ0) is 22.2. The van der Waals surface area contributed by atoms with Gasteiger partial charge >= 0.3 is 0 Å². The van der Waals surface area contributed by atoms with Crippen LogP contribution in [0.1, 0.15) is 23.0 Å². The Morgan fingerprint density at radius 1 is 1.16 bits per heavy atom. The van der Waals surface area contributed by atoms with E-state index in [2.05, 4.69) is 17.0 Å². The van der Waals surface area contributed by atoms with Crippen molar-refractivity contribution in [2.45, 2.75) is 19.4 Å². The molecule has 1 aromatic carbocycles. The van der Waals surface area contributed by atoms with Gasteiger partial charge in [0.2, 0.25) is 5.91 Å². The quantitative estimate of drug-likeness (QED) is 0.546. The monoisotopic (exact) mass is 430 g/mol. The standard InChI is InChI=1S/C24H34N2O5/c1-18-8-9-22(31-18)15-25-13-20(14-26(10-11-28-2)24(27)17-29-3)23(16-25)19-6-5-7-21(12-19)30-4/h5-9,12,20,23H,10-11,13-17H2,1-4H3. The largest absolute Gasteiger partial charge is 0.497 e. The summed E-state index contributed by atoms with van der Waals surface area (Å²) in [5, 5.41) is 0. The first kappa shape index (κ1) is 23.3. The molecule has 1 aliphatic heterocycles. The highest BCUT2D eigenvalue weighted by Gasteiger charge is 2.36. The lowest BCUT2D eigenvalue weighted by atomic mass is 9.88. The Bertz CT molecular complexity index is 837. The first-order chi connectivity index (χ1) is 15.0. The molecule has 2 heterocycles. The van der Waals surface area contributed by atoms with Gasteiger partial charge in [-0.25, -0.2) is 0 Å². The average molecular weight is 431 g/mol. The maximum absolute atomic E-state index is 12.7. The lowest BCUT2D eigenvalue weighted by molar-refractivity contribution is -0.136. The van der Waals surface area contributed by atoms with Crippen molar-refractivity contribution < 1.29 is 23.4 Å². The Kier molecular flexibility index (Phi) is 8.51. The lowest BCUT2D eigenvalue weighted by Gasteiger charge is -2.28. The van der Waals surface area contributed by atoms with Crippen molar-refractivity contribution in [3.63, 3.8) is 0 Å². The van der Waals surface area contributed by atoms with Gasteiger partial charge in [0.1, 0.15) is 23.9 Å². The molecule has 2 unspecified atom stereocenters. The summed E-state index contributed by atoms with van der Waals surface area (Å²) < 4.78 is 21.6. The number of methoxy groups -OCH3 is 3. The van der Waals surface area contributed by atoms with Crippen LogP contribution in [-0.2, 0) is 20.8 Å². The van der Waals surface area contributed by atoms with Gasteiger partial charge in [0.05, 0.1) is 20.3 Å². The van der Waals surface area contributed by atoms with E-state index < -0.39 is 0 Å². The number of benzene rings is 1. The minimum atomic E-state index is -0.0101. The fraction of sp³-hybridized carbons (Fsp3) is 0.542. The van der Waals surface area contributed by atoms with E-state index in [1.54, 1.807) is 21.3 Å². The van der Waals surface area contributed by atoms with Crippen LogP contribution in [0.2, 0.25) is 0 Å². The topological polar surface area (TPSA) is 64.4 Å². The minimum absolute atomic E-state index is 0.0101. The molecule has 0 bridgehead atoms. The van der Waals surface area contributed by atoms with Gasteiger partial charge in [0.15, 0.2) is 0 Å². The molecule has 1 saturated heterocycles. The highest BCUT2D eigenvalue weighted by molar-refractivity contribution is 5.77. The van der Waals surface area contributed by atoms with E-state index in [9.17, 15) is 4.79 Å². The molecule has 31 heavy (non-hydrogen) atoms. The number of ether oxygens (including phenoxy) is 3. The van der Waals surface area contributed by atoms with E-state index in [0.717, 1.165) is 36.9 Å². The molecular weight excluding hydrogens is 396 g/mol. The molecule has 1 aliphatic rings. The van der Waals surface area contributed by atoms with Crippen molar-refractivity contribution in [1.29, 1.82) is 0 Å². The van der Waals surface area contributed by atoms with Gasteiger partial charge in [-0.3, -0.25) is 9.69 Å². The second-order valence-corrected chi connectivity index (χ2v) is 8.12. The molecule has 7 heteroatoms. The fourth-order valence-electron chi connectivity index (χ4n) is 4.33. The molecule has 0 saturated carbocycles. The number of likely N-dealkylation sites (tertiary alicyclic amines) is 1. The summed E-state index contributed by atoms with van der Waals surface area (Å²) in [4.78, 5) is 16.9. The van der Waals surface area contributed by atoms with Crippen LogP contribution in [0.5, 0.6) is 5.75 Å². The van der Waals surface area contributed by atoms with Crippen LogP contribution in [0.25, 0.3) is 0 Å². The number of nitrogens with zero attached hydrogens (tertiary/aromatic N) is 2. The van der Waals surface area contributed by atoms with Crippen molar-refractivity contribution in [2.75, 3.05) is 60.7 Å². The summed E-state index contributed by atoms with van der Waals surface area (Å²) in [5.41, 5.74) is 1.23. The highest BCUT2D eigenvalue weighted by atomic mass is 16.5. The summed E-state index contributed by atoms with van der Waals surface area (Å²) in [6, 6.07) is 12.3. The first-order valence-electron chi connectivity index (χ1n) is 10.7. The highest BCUT2D eigenvalue weighted by Crippen LogP contribution is 2.35. The lowest BCUT2D eigenvalue weighted by Crippen LogP contribution is -2.41. The molecule has 170 valence electrons. The predicted octanol–water partition coefficient (Wildman–Crippen LogP) is 2.93. The Morgan fingerprint density at radius 2 is 2.00 bits per heavy atom. The van der Waals surface area contributed by atoms with Gasteiger partial charge in [-0.2, -0.15) is 0 Å². The molecule has 2 atom stereocenters. The third-order valence-corrected chi connectivity index (χ3v) is 5.85. The molecule has 7 nitrogen and oxygen atoms in total. The van der Waals surface area contributed by atoms with Crippen molar-refractivity contribution >= 4 is 5.91 Å². The van der Waals surface area contributed by atoms with Gasteiger partial charge in [0, 0.05) is 46.3 Å². The maximum Gasteiger partial charge on any atom is 0.248 e. The average Bonchev–Trinajstić information content (AvgIpc) is 3.36. The number of carbonyl (C=O) groups excluding carboxylic acids is 1. The third-order valence-electron chi connectivity index (χ3n) is 5.85. The van der Waals surface area contributed by atoms with Crippen molar-refractivity contribution in [1.82, 2.24) is 9.80 Å². The van der Waals surface area contributed by atoms with E-state index in [1.165, 1.54) is 5.56 Å². The normalized spacial score (nSPS) is 19.0. The van der Waals surface area contributed by atoms with Crippen LogP contribution in [0.4, 0.5) is 0 Å². The number of hydrogen-bond donors (Lipinski definition) is 0. The zero-order valence-corrected chi connectivity index (χ0v) is 19.0. The van der Waals surface area contributed by atoms with Gasteiger partial charge in [0.25, 0.3) is 0 Å². The number of aryl methyl sites for hydroxylation is 1. The molecule has 1 fully saturated rings. The Hall–Kier alpha value is -2.35. The molecule has 3 rings (SSSR count). The van der Waals surface area contributed by atoms with Crippen LogP contribution in [0, 0.1) is 12.8 Å². The van der Waals surface area contributed by atoms with Crippen LogP contribution in [0.15, 0.2) is 40.8 Å². The van der Waals surface area contributed by atoms with Gasteiger partial charge in [-0.05, 0) is 42.7 Å². The van der Waals surface area contributed by atoms with Gasteiger partial charge < -0.3 is 23.5 Å². The molecule has 0 spiro atoms. The van der Waals surface area contributed by atoms with E-state index in [4.69, 9.17) is 18.6 Å². The van der Waals surface area contributed by atoms with E-state index >= 15 is 0 Å². The smallest absolute Gasteiger partial charge is 0.248 e. The maximum atomic E-state index is 12.7. The zero-order valence-electron chi connectivity index (χ0n) is 19.0. The molecule has 1 aromatic heterocycles. The first-order valence-corrected chi connectivity index (χ1v) is 10.7. The number of furan rings is 1. The predicted molar refractivity (Wildman–Crippen MR) is 118 cm³/mol. The second-order valence-electron chi connectivity index (χ2n) is 8.12. The minimum Gasteiger partial charge on any atom is -0.497 e. The number of amides is 1. The second kappa shape index (κ2) is 11.3. The summed E-state index contributed by atoms with van der Waals surface area (Å²) in [7, 11) is 4.89. The van der Waals surface area contributed by atoms with E-state index in [-0.39, 0.29) is 24.3 Å². The van der Waals surface area contributed by atoms with Crippen LogP contribution < -0.4 is 4.74 Å². The molecule has 1 amide bonds. The van der Waals surface area contributed by atoms with Crippen LogP contribution in [-0.4, -0.2) is 76.4 Å². The van der Waals surface area contributed by atoms with Crippen molar-refractivity contribution in [3.05, 3.63) is 53.5 Å². The number of carbonyl (C=O) groups is 1. The summed E-state index contributed by atoms with van der Waals surface area (Å²) in [6.07, 6.45) is 0. The number of hydrogen-bond acceptors (Lipinski definition) is 6. The van der Waals surface area contributed by atoms with E-state index in [0.29, 0.717) is 19.7 Å². The molecule has 0 aliphatic carbocycles. The summed E-state index contributed by atoms with van der Waals surface area (Å²) >= 11 is 0. The SMILES string of the molecule is COCCN(CC1CN(Cc2ccc(C)o2)CC1c1cccc(OC)c1)C(=O)COC. The van der Waals surface area contributed by atoms with Gasteiger partial charge in [-0.1, -0.05) is 12.1 Å². The molecule has 0 N–H and O–H groups in total. The van der Waals surface area contributed by atoms with E-state index in [1.807, 2.05) is 36.1 Å². The third kappa shape index (κ3) is 6.32. The number of rotatable bonds is 11. The summed E-state index contributed by atoms with van der Waals surface area (Å²) in [6.45, 7) is 6.29. The van der Waals surface area contributed by atoms with Crippen LogP contribution >= 0.6 is 0 Å². The summed E-state index contributed by atoms with van der Waals surface area (Å²) in [5.74, 6) is 3.29. The Balaban J connectivity index is 1.80. The molecule has 2 aromatic rings. The fourth-order valence-corrected chi connectivity index (χ4v) is 4.33. The molecule has 0 radical (unpaired) electrons. The Morgan fingerprint density at radius 3 is 2.68 bits per heavy atom. The molecular formula is C24H34N2O5.